The second-order valence-corrected chi connectivity index (χ2v) is 4.80. The van der Waals surface area contributed by atoms with Crippen molar-refractivity contribution in [2.75, 3.05) is 11.1 Å². The number of anilines is 3. The Bertz CT molecular complexity index is 585. The third-order valence-electron chi connectivity index (χ3n) is 2.53. The lowest BCUT2D eigenvalue weighted by molar-refractivity contribution is 1.26. The van der Waals surface area contributed by atoms with Gasteiger partial charge in [0.05, 0.1) is 23.9 Å². The molecule has 0 atom stereocenters. The van der Waals surface area contributed by atoms with Crippen LogP contribution in [-0.4, -0.2) is 0 Å². The minimum absolute atomic E-state index is 0.430. The molecule has 0 aromatic heterocycles. The Labute approximate surface area is 114 Å². The predicted octanol–water partition coefficient (Wildman–Crippen LogP) is 3.84. The van der Waals surface area contributed by atoms with Crippen LogP contribution in [0.4, 0.5) is 17.1 Å². The van der Waals surface area contributed by atoms with Crippen LogP contribution >= 0.6 is 15.9 Å². The molecule has 0 heterocycles. The van der Waals surface area contributed by atoms with Crippen molar-refractivity contribution in [3.63, 3.8) is 0 Å². The van der Waals surface area contributed by atoms with Crippen LogP contribution in [0.2, 0.25) is 0 Å². The Morgan fingerprint density at radius 1 is 1.17 bits per heavy atom. The first kappa shape index (κ1) is 12.5. The lowest BCUT2D eigenvalue weighted by atomic mass is 10.1. The molecule has 3 nitrogen and oxygen atoms in total. The van der Waals surface area contributed by atoms with Gasteiger partial charge in [-0.25, -0.2) is 0 Å². The number of nitrogen functional groups attached to an aromatic ring is 1. The van der Waals surface area contributed by atoms with Gasteiger partial charge in [0.15, 0.2) is 0 Å². The molecule has 18 heavy (non-hydrogen) atoms. The molecule has 3 N–H and O–H groups in total. The van der Waals surface area contributed by atoms with Crippen molar-refractivity contribution in [3.8, 4) is 6.07 Å². The molecule has 0 aliphatic heterocycles. The summed E-state index contributed by atoms with van der Waals surface area (Å²) in [5, 5.41) is 11.8. The minimum atomic E-state index is 0.430. The number of nitrogens with one attached hydrogen (secondary N) is 1. The first-order valence-electron chi connectivity index (χ1n) is 5.47. The highest BCUT2D eigenvalue weighted by Crippen LogP contribution is 2.26. The highest BCUT2D eigenvalue weighted by atomic mass is 79.9. The largest absolute Gasteiger partial charge is 0.397 e. The summed E-state index contributed by atoms with van der Waals surface area (Å²) >= 11 is 3.41. The molecule has 0 saturated carbocycles. The van der Waals surface area contributed by atoms with E-state index in [2.05, 4.69) is 27.3 Å². The van der Waals surface area contributed by atoms with Gasteiger partial charge < -0.3 is 11.1 Å². The molecule has 4 heteroatoms. The molecular weight excluding hydrogens is 290 g/mol. The number of nitriles is 1. The standard InChI is InChI=1S/C14H12BrN3/c15-11-3-6-13(17)14(9-11)18-12-4-1-10(2-5-12)7-8-16/h1-6,9,18H,7,17H2. The topological polar surface area (TPSA) is 61.8 Å². The van der Waals surface area contributed by atoms with E-state index in [9.17, 15) is 0 Å². The Morgan fingerprint density at radius 3 is 2.56 bits per heavy atom. The molecule has 2 rings (SSSR count). The van der Waals surface area contributed by atoms with Crippen molar-refractivity contribution < 1.29 is 0 Å². The lowest BCUT2D eigenvalue weighted by Crippen LogP contribution is -1.96. The van der Waals surface area contributed by atoms with Crippen molar-refractivity contribution in [2.45, 2.75) is 6.42 Å². The molecule has 0 bridgehead atoms. The van der Waals surface area contributed by atoms with E-state index in [1.54, 1.807) is 0 Å². The molecule has 0 saturated heterocycles. The van der Waals surface area contributed by atoms with E-state index in [4.69, 9.17) is 11.0 Å². The maximum Gasteiger partial charge on any atom is 0.0669 e. The van der Waals surface area contributed by atoms with Crippen molar-refractivity contribution in [1.29, 1.82) is 5.26 Å². The molecule has 0 spiro atoms. The third-order valence-corrected chi connectivity index (χ3v) is 3.02. The molecule has 0 unspecified atom stereocenters. The third kappa shape index (κ3) is 3.02. The van der Waals surface area contributed by atoms with Gasteiger partial charge in [0, 0.05) is 10.2 Å². The Hall–Kier alpha value is -1.99. The van der Waals surface area contributed by atoms with Crippen LogP contribution < -0.4 is 11.1 Å². The molecule has 2 aromatic rings. The van der Waals surface area contributed by atoms with Crippen molar-refractivity contribution in [3.05, 3.63) is 52.5 Å². The maximum atomic E-state index is 8.60. The number of rotatable bonds is 3. The van der Waals surface area contributed by atoms with Crippen LogP contribution in [0.3, 0.4) is 0 Å². The maximum absolute atomic E-state index is 8.60. The molecule has 0 amide bonds. The zero-order valence-electron chi connectivity index (χ0n) is 9.65. The summed E-state index contributed by atoms with van der Waals surface area (Å²) in [6.45, 7) is 0. The van der Waals surface area contributed by atoms with Crippen LogP contribution in [0.25, 0.3) is 0 Å². The second kappa shape index (κ2) is 5.56. The first-order chi connectivity index (χ1) is 8.69. The van der Waals surface area contributed by atoms with Crippen molar-refractivity contribution in [2.24, 2.45) is 0 Å². The monoisotopic (exact) mass is 301 g/mol. The summed E-state index contributed by atoms with van der Waals surface area (Å²) in [6.07, 6.45) is 0.430. The van der Waals surface area contributed by atoms with E-state index in [1.165, 1.54) is 0 Å². The summed E-state index contributed by atoms with van der Waals surface area (Å²) in [4.78, 5) is 0. The highest BCUT2D eigenvalue weighted by molar-refractivity contribution is 9.10. The van der Waals surface area contributed by atoms with Crippen LogP contribution in [0.15, 0.2) is 46.9 Å². The van der Waals surface area contributed by atoms with E-state index >= 15 is 0 Å². The number of nitrogens with zero attached hydrogens (tertiary/aromatic N) is 1. The van der Waals surface area contributed by atoms with Gasteiger partial charge in [0.25, 0.3) is 0 Å². The first-order valence-corrected chi connectivity index (χ1v) is 6.26. The summed E-state index contributed by atoms with van der Waals surface area (Å²) in [5.74, 6) is 0. The van der Waals surface area contributed by atoms with Gasteiger partial charge in [-0.3, -0.25) is 0 Å². The van der Waals surface area contributed by atoms with Gasteiger partial charge in [-0.1, -0.05) is 28.1 Å². The summed E-state index contributed by atoms with van der Waals surface area (Å²) in [7, 11) is 0. The molecular formula is C14H12BrN3. The lowest BCUT2D eigenvalue weighted by Gasteiger charge is -2.10. The van der Waals surface area contributed by atoms with E-state index in [0.29, 0.717) is 12.1 Å². The normalized spacial score (nSPS) is 9.78. The average molecular weight is 302 g/mol. The number of nitrogens with two attached hydrogens (primary N) is 1. The Balaban J connectivity index is 2.18. The van der Waals surface area contributed by atoms with E-state index in [1.807, 2.05) is 42.5 Å². The van der Waals surface area contributed by atoms with Gasteiger partial charge in [0.1, 0.15) is 0 Å². The van der Waals surface area contributed by atoms with Gasteiger partial charge in [-0.15, -0.1) is 0 Å². The van der Waals surface area contributed by atoms with Crippen molar-refractivity contribution >= 4 is 33.0 Å². The van der Waals surface area contributed by atoms with Crippen LogP contribution in [-0.2, 0) is 6.42 Å². The van der Waals surface area contributed by atoms with Gasteiger partial charge >= 0.3 is 0 Å². The fourth-order valence-electron chi connectivity index (χ4n) is 1.59. The fraction of sp³-hybridized carbons (Fsp3) is 0.0714. The van der Waals surface area contributed by atoms with Gasteiger partial charge in [0.2, 0.25) is 0 Å². The summed E-state index contributed by atoms with van der Waals surface area (Å²) < 4.78 is 0.973. The van der Waals surface area contributed by atoms with Crippen molar-refractivity contribution in [1.82, 2.24) is 0 Å². The van der Waals surface area contributed by atoms with E-state index in [-0.39, 0.29) is 0 Å². The Kier molecular flexibility index (Phi) is 3.85. The predicted molar refractivity (Wildman–Crippen MR) is 77.6 cm³/mol. The van der Waals surface area contributed by atoms with Gasteiger partial charge in [-0.05, 0) is 35.9 Å². The fourth-order valence-corrected chi connectivity index (χ4v) is 1.95. The molecule has 0 radical (unpaired) electrons. The molecule has 2 aromatic carbocycles. The Morgan fingerprint density at radius 2 is 1.89 bits per heavy atom. The van der Waals surface area contributed by atoms with Crippen LogP contribution in [0.1, 0.15) is 5.56 Å². The SMILES string of the molecule is N#CCc1ccc(Nc2cc(Br)ccc2N)cc1. The summed E-state index contributed by atoms with van der Waals surface area (Å²) in [6, 6.07) is 15.5. The zero-order chi connectivity index (χ0) is 13.0. The number of benzene rings is 2. The number of hydrogen-bond donors (Lipinski definition) is 2. The summed E-state index contributed by atoms with van der Waals surface area (Å²) in [5.41, 5.74) is 9.39. The van der Waals surface area contributed by atoms with E-state index in [0.717, 1.165) is 21.4 Å². The number of halogens is 1. The minimum Gasteiger partial charge on any atom is -0.397 e. The molecule has 0 aliphatic rings. The van der Waals surface area contributed by atoms with Crippen LogP contribution in [0.5, 0.6) is 0 Å². The van der Waals surface area contributed by atoms with E-state index < -0.39 is 0 Å². The quantitative estimate of drug-likeness (QED) is 0.847. The second-order valence-electron chi connectivity index (χ2n) is 3.89. The zero-order valence-corrected chi connectivity index (χ0v) is 11.2. The smallest absolute Gasteiger partial charge is 0.0669 e. The van der Waals surface area contributed by atoms with Gasteiger partial charge in [-0.2, -0.15) is 5.26 Å². The molecule has 90 valence electrons. The molecule has 0 aliphatic carbocycles. The average Bonchev–Trinajstić information content (AvgIpc) is 2.37. The number of hydrogen-bond acceptors (Lipinski definition) is 3. The van der Waals surface area contributed by atoms with Crippen LogP contribution in [0, 0.1) is 11.3 Å². The molecule has 0 fully saturated rings. The highest BCUT2D eigenvalue weighted by Gasteiger charge is 2.01.